The molecule has 1 unspecified atom stereocenters. The highest BCUT2D eigenvalue weighted by atomic mass is 32.2. The maximum Gasteiger partial charge on any atom is 0.261 e. The second-order valence-electron chi connectivity index (χ2n) is 7.01. The number of carbonyl (C=O) groups is 2. The van der Waals surface area contributed by atoms with Gasteiger partial charge in [-0.25, -0.2) is 4.99 Å². The Kier molecular flexibility index (Phi) is 4.93. The van der Waals surface area contributed by atoms with Crippen molar-refractivity contribution in [3.8, 4) is 0 Å². The number of amidine groups is 1. The second kappa shape index (κ2) is 7.39. The SMILES string of the molecule is CCn1ccc2cc(NC(=O)CCC3=NC(=O)C4C(=N3)SC(C)=C4C)ccc21. The molecule has 1 aromatic heterocycles. The van der Waals surface area contributed by atoms with Crippen molar-refractivity contribution in [2.45, 2.75) is 40.2 Å². The fourth-order valence-corrected chi connectivity index (χ4v) is 4.66. The fourth-order valence-electron chi connectivity index (χ4n) is 3.52. The first-order chi connectivity index (χ1) is 13.5. The molecule has 2 aromatic rings. The Morgan fingerprint density at radius 2 is 2.07 bits per heavy atom. The minimum absolute atomic E-state index is 0.115. The molecule has 0 fully saturated rings. The molecule has 6 nitrogen and oxygen atoms in total. The van der Waals surface area contributed by atoms with Crippen LogP contribution in [-0.4, -0.2) is 27.3 Å². The Hall–Kier alpha value is -2.67. The molecule has 0 radical (unpaired) electrons. The standard InChI is InChI=1S/C21H22N4O2S/c1-4-25-10-9-14-11-15(5-6-16(14)25)22-18(26)8-7-17-23-20(27)19-12(2)13(3)28-21(19)24-17/h5-6,9-11,19H,4,7-8H2,1-3H3,(H,22,26). The molecule has 1 N–H and O–H groups in total. The van der Waals surface area contributed by atoms with E-state index in [0.717, 1.165) is 38.7 Å². The topological polar surface area (TPSA) is 75.8 Å². The molecule has 28 heavy (non-hydrogen) atoms. The summed E-state index contributed by atoms with van der Waals surface area (Å²) in [5, 5.41) is 4.80. The largest absolute Gasteiger partial charge is 0.348 e. The van der Waals surface area contributed by atoms with E-state index in [0.29, 0.717) is 12.3 Å². The molecule has 144 valence electrons. The molecule has 7 heteroatoms. The van der Waals surface area contributed by atoms with Crippen LogP contribution in [0.5, 0.6) is 0 Å². The number of aliphatic imine (C=N–C) groups is 2. The first-order valence-electron chi connectivity index (χ1n) is 9.40. The summed E-state index contributed by atoms with van der Waals surface area (Å²) in [6.45, 7) is 6.95. The number of hydrogen-bond donors (Lipinski definition) is 1. The highest BCUT2D eigenvalue weighted by molar-refractivity contribution is 8.17. The summed E-state index contributed by atoms with van der Waals surface area (Å²) in [7, 11) is 0. The van der Waals surface area contributed by atoms with E-state index in [2.05, 4.69) is 26.8 Å². The summed E-state index contributed by atoms with van der Waals surface area (Å²) in [4.78, 5) is 34.4. The molecule has 0 spiro atoms. The average molecular weight is 395 g/mol. The van der Waals surface area contributed by atoms with Crippen LogP contribution < -0.4 is 5.32 Å². The summed E-state index contributed by atoms with van der Waals surface area (Å²) in [6, 6.07) is 7.93. The van der Waals surface area contributed by atoms with Crippen molar-refractivity contribution in [1.82, 2.24) is 4.57 Å². The number of fused-ring (bicyclic) bond motifs is 2. The Labute approximate surface area is 167 Å². The van der Waals surface area contributed by atoms with E-state index in [1.54, 1.807) is 0 Å². The first-order valence-corrected chi connectivity index (χ1v) is 10.2. The lowest BCUT2D eigenvalue weighted by molar-refractivity contribution is -0.119. The van der Waals surface area contributed by atoms with Crippen molar-refractivity contribution in [2.75, 3.05) is 5.32 Å². The van der Waals surface area contributed by atoms with Crippen molar-refractivity contribution < 1.29 is 9.59 Å². The number of rotatable bonds is 5. The Bertz CT molecular complexity index is 1080. The summed E-state index contributed by atoms with van der Waals surface area (Å²) < 4.78 is 2.16. The molecule has 1 aromatic carbocycles. The van der Waals surface area contributed by atoms with E-state index in [9.17, 15) is 9.59 Å². The molecule has 0 saturated heterocycles. The van der Waals surface area contributed by atoms with Crippen molar-refractivity contribution in [1.29, 1.82) is 0 Å². The van der Waals surface area contributed by atoms with Gasteiger partial charge in [0.1, 0.15) is 11.8 Å². The van der Waals surface area contributed by atoms with Gasteiger partial charge in [-0.15, -0.1) is 0 Å². The van der Waals surface area contributed by atoms with Gasteiger partial charge < -0.3 is 9.88 Å². The smallest absolute Gasteiger partial charge is 0.261 e. The number of anilines is 1. The fraction of sp³-hybridized carbons (Fsp3) is 0.333. The Balaban J connectivity index is 1.38. The number of nitrogens with zero attached hydrogens (tertiary/aromatic N) is 3. The van der Waals surface area contributed by atoms with Gasteiger partial charge in [-0.1, -0.05) is 11.8 Å². The van der Waals surface area contributed by atoms with E-state index in [-0.39, 0.29) is 24.2 Å². The van der Waals surface area contributed by atoms with Crippen LogP contribution in [0, 0.1) is 5.92 Å². The van der Waals surface area contributed by atoms with Crippen molar-refractivity contribution in [2.24, 2.45) is 15.9 Å². The summed E-state index contributed by atoms with van der Waals surface area (Å²) in [5.41, 5.74) is 2.94. The van der Waals surface area contributed by atoms with Gasteiger partial charge >= 0.3 is 0 Å². The quantitative estimate of drug-likeness (QED) is 0.818. The Morgan fingerprint density at radius 1 is 1.25 bits per heavy atom. The molecule has 0 aliphatic carbocycles. The van der Waals surface area contributed by atoms with E-state index < -0.39 is 0 Å². The van der Waals surface area contributed by atoms with Crippen LogP contribution in [0.15, 0.2) is 50.9 Å². The molecule has 1 atom stereocenters. The molecular weight excluding hydrogens is 372 g/mol. The highest BCUT2D eigenvalue weighted by Crippen LogP contribution is 2.40. The van der Waals surface area contributed by atoms with Crippen LogP contribution in [0.4, 0.5) is 5.69 Å². The molecule has 3 heterocycles. The number of nitrogens with one attached hydrogen (secondary N) is 1. The van der Waals surface area contributed by atoms with E-state index >= 15 is 0 Å². The molecule has 0 bridgehead atoms. The number of hydrogen-bond acceptors (Lipinski definition) is 4. The minimum atomic E-state index is -0.315. The van der Waals surface area contributed by atoms with Crippen LogP contribution in [0.2, 0.25) is 0 Å². The van der Waals surface area contributed by atoms with Crippen LogP contribution in [-0.2, 0) is 16.1 Å². The lowest BCUT2D eigenvalue weighted by atomic mass is 10.00. The zero-order valence-electron chi connectivity index (χ0n) is 16.2. The lowest BCUT2D eigenvalue weighted by Gasteiger charge is -2.14. The van der Waals surface area contributed by atoms with Crippen LogP contribution >= 0.6 is 11.8 Å². The third-order valence-electron chi connectivity index (χ3n) is 5.19. The number of amides is 2. The molecule has 2 aliphatic heterocycles. The van der Waals surface area contributed by atoms with Gasteiger partial charge in [0, 0.05) is 42.2 Å². The number of benzene rings is 1. The normalized spacial score (nSPS) is 19.0. The van der Waals surface area contributed by atoms with Crippen molar-refractivity contribution in [3.05, 3.63) is 40.9 Å². The minimum Gasteiger partial charge on any atom is -0.348 e. The maximum atomic E-state index is 12.3. The number of allylic oxidation sites excluding steroid dienone is 1. The zero-order chi connectivity index (χ0) is 19.8. The predicted octanol–water partition coefficient (Wildman–Crippen LogP) is 4.37. The molecule has 2 amide bonds. The van der Waals surface area contributed by atoms with Gasteiger partial charge in [-0.2, -0.15) is 4.99 Å². The highest BCUT2D eigenvalue weighted by Gasteiger charge is 2.36. The third kappa shape index (κ3) is 3.42. The molecule has 0 saturated carbocycles. The Morgan fingerprint density at radius 3 is 2.86 bits per heavy atom. The van der Waals surface area contributed by atoms with Crippen LogP contribution in [0.3, 0.4) is 0 Å². The van der Waals surface area contributed by atoms with E-state index in [1.807, 2.05) is 44.3 Å². The lowest BCUT2D eigenvalue weighted by Crippen LogP contribution is -2.25. The van der Waals surface area contributed by atoms with Crippen LogP contribution in [0.25, 0.3) is 10.9 Å². The average Bonchev–Trinajstić information content (AvgIpc) is 3.20. The van der Waals surface area contributed by atoms with E-state index in [1.165, 1.54) is 11.8 Å². The predicted molar refractivity (Wildman–Crippen MR) is 115 cm³/mol. The maximum absolute atomic E-state index is 12.3. The second-order valence-corrected chi connectivity index (χ2v) is 8.25. The van der Waals surface area contributed by atoms with Crippen molar-refractivity contribution >= 4 is 51.0 Å². The summed E-state index contributed by atoms with van der Waals surface area (Å²) in [6.07, 6.45) is 2.62. The van der Waals surface area contributed by atoms with E-state index in [4.69, 9.17) is 0 Å². The van der Waals surface area contributed by atoms with Crippen LogP contribution in [0.1, 0.15) is 33.6 Å². The van der Waals surface area contributed by atoms with Gasteiger partial charge in [-0.3, -0.25) is 9.59 Å². The van der Waals surface area contributed by atoms with Crippen molar-refractivity contribution in [3.63, 3.8) is 0 Å². The van der Waals surface area contributed by atoms with Gasteiger partial charge in [0.15, 0.2) is 0 Å². The summed E-state index contributed by atoms with van der Waals surface area (Å²) >= 11 is 1.53. The number of aromatic nitrogens is 1. The van der Waals surface area contributed by atoms with Gasteiger partial charge in [-0.05, 0) is 55.5 Å². The van der Waals surface area contributed by atoms with Gasteiger partial charge in [0.05, 0.1) is 5.04 Å². The zero-order valence-corrected chi connectivity index (χ0v) is 17.0. The monoisotopic (exact) mass is 394 g/mol. The molecule has 2 aliphatic rings. The molecular formula is C21H22N4O2S. The number of carbonyl (C=O) groups excluding carboxylic acids is 2. The third-order valence-corrected chi connectivity index (χ3v) is 6.35. The molecule has 4 rings (SSSR count). The number of aryl methyl sites for hydroxylation is 1. The van der Waals surface area contributed by atoms with Gasteiger partial charge in [0.2, 0.25) is 5.91 Å². The van der Waals surface area contributed by atoms with Gasteiger partial charge in [0.25, 0.3) is 5.91 Å². The number of thioether (sulfide) groups is 1. The summed E-state index contributed by atoms with van der Waals surface area (Å²) in [5.74, 6) is -0.161. The first kappa shape index (κ1) is 18.7.